The Hall–Kier alpha value is -4.37. The van der Waals surface area contributed by atoms with Gasteiger partial charge in [-0.3, -0.25) is 10.1 Å². The van der Waals surface area contributed by atoms with Crippen LogP contribution in [0.15, 0.2) is 73.1 Å². The highest BCUT2D eigenvalue weighted by Gasteiger charge is 2.16. The van der Waals surface area contributed by atoms with Crippen molar-refractivity contribution in [3.8, 4) is 33.8 Å². The number of nitrogens with one attached hydrogen (secondary N) is 2. The van der Waals surface area contributed by atoms with Crippen LogP contribution >= 0.6 is 0 Å². The second kappa shape index (κ2) is 9.18. The van der Waals surface area contributed by atoms with Gasteiger partial charge in [0.15, 0.2) is 0 Å². The predicted octanol–water partition coefficient (Wildman–Crippen LogP) is 5.87. The minimum atomic E-state index is -3.16. The van der Waals surface area contributed by atoms with Crippen molar-refractivity contribution < 1.29 is 12.8 Å². The zero-order valence-electron chi connectivity index (χ0n) is 20.8. The summed E-state index contributed by atoms with van der Waals surface area (Å²) < 4.78 is 37.8. The molecular weight excluding hydrogens is 501 g/mol. The van der Waals surface area contributed by atoms with E-state index in [9.17, 15) is 12.8 Å². The van der Waals surface area contributed by atoms with Gasteiger partial charge in [-0.25, -0.2) is 17.8 Å². The summed E-state index contributed by atoms with van der Waals surface area (Å²) in [5.74, 6) is -0.437. The van der Waals surface area contributed by atoms with E-state index in [1.54, 1.807) is 6.20 Å². The predicted molar refractivity (Wildman–Crippen MR) is 148 cm³/mol. The van der Waals surface area contributed by atoms with E-state index in [4.69, 9.17) is 4.98 Å². The zero-order valence-corrected chi connectivity index (χ0v) is 21.6. The first kappa shape index (κ1) is 24.0. The first-order valence-electron chi connectivity index (χ1n) is 12.1. The van der Waals surface area contributed by atoms with Crippen LogP contribution in [0.4, 0.5) is 4.39 Å². The number of halogens is 1. The Morgan fingerprint density at radius 1 is 0.974 bits per heavy atom. The van der Waals surface area contributed by atoms with E-state index in [0.717, 1.165) is 50.0 Å². The number of aromatic amines is 2. The van der Waals surface area contributed by atoms with Gasteiger partial charge in [-0.15, -0.1) is 0 Å². The average molecular weight is 526 g/mol. The molecule has 0 aliphatic heterocycles. The number of benzene rings is 2. The first-order valence-corrected chi connectivity index (χ1v) is 14.2. The van der Waals surface area contributed by atoms with Gasteiger partial charge in [0.25, 0.3) is 0 Å². The molecule has 0 saturated heterocycles. The normalized spacial score (nSPS) is 12.0. The summed E-state index contributed by atoms with van der Waals surface area (Å²) in [6, 6.07) is 18.4. The van der Waals surface area contributed by atoms with Crippen LogP contribution in [0.3, 0.4) is 0 Å². The Labute approximate surface area is 218 Å². The van der Waals surface area contributed by atoms with E-state index in [0.29, 0.717) is 16.8 Å². The molecule has 0 aliphatic rings. The maximum atomic E-state index is 14.6. The van der Waals surface area contributed by atoms with E-state index in [2.05, 4.69) is 20.2 Å². The smallest absolute Gasteiger partial charge is 0.147 e. The molecule has 4 heterocycles. The summed E-state index contributed by atoms with van der Waals surface area (Å²) in [4.78, 5) is 12.6. The highest BCUT2D eigenvalue weighted by atomic mass is 32.2. The number of pyridine rings is 2. The van der Waals surface area contributed by atoms with E-state index in [1.165, 1.54) is 18.4 Å². The molecule has 0 radical (unpaired) electrons. The van der Waals surface area contributed by atoms with Crippen molar-refractivity contribution in [1.82, 2.24) is 25.1 Å². The third-order valence-corrected chi connectivity index (χ3v) is 7.62. The Bertz CT molecular complexity index is 1940. The fourth-order valence-electron chi connectivity index (χ4n) is 4.76. The molecule has 2 N–H and O–H groups in total. The van der Waals surface area contributed by atoms with Gasteiger partial charge < -0.3 is 4.98 Å². The molecule has 0 aliphatic carbocycles. The third kappa shape index (κ3) is 4.56. The number of sulfone groups is 1. The quantitative estimate of drug-likeness (QED) is 0.283. The number of hydrogen-bond acceptors (Lipinski definition) is 5. The lowest BCUT2D eigenvalue weighted by atomic mass is 9.98. The SMILES string of the molecule is Cc1ccncc1-c1ccc2[nH]nc(-c3cc4c(-c5cc(F)cc(CCS(C)(=O)=O)c5)cccc4[nH]3)c2n1. The Balaban J connectivity index is 1.44. The molecule has 7 nitrogen and oxygen atoms in total. The number of fused-ring (bicyclic) bond motifs is 2. The molecule has 6 aromatic rings. The van der Waals surface area contributed by atoms with Crippen LogP contribution in [0.1, 0.15) is 11.1 Å². The van der Waals surface area contributed by atoms with Gasteiger partial charge in [-0.2, -0.15) is 5.10 Å². The van der Waals surface area contributed by atoms with E-state index >= 15 is 0 Å². The molecule has 0 fully saturated rings. The molecule has 0 spiro atoms. The summed E-state index contributed by atoms with van der Waals surface area (Å²) in [5, 5.41) is 8.51. The molecule has 2 aromatic carbocycles. The molecule has 190 valence electrons. The van der Waals surface area contributed by atoms with Gasteiger partial charge in [0.1, 0.15) is 26.9 Å². The van der Waals surface area contributed by atoms with Gasteiger partial charge in [-0.05, 0) is 78.1 Å². The monoisotopic (exact) mass is 525 g/mol. The number of aromatic nitrogens is 5. The standard InChI is InChI=1S/C29H24FN5O2S/c1-17-8-10-31-16-23(17)25-6-7-26-28(33-25)29(35-34-26)27-15-22-21(4-3-5-24(22)32-27)19-12-18(13-20(30)14-19)9-11-38(2,36)37/h3-8,10,12-16,32H,9,11H2,1-2H3,(H,34,35). The van der Waals surface area contributed by atoms with Crippen LogP contribution in [0.2, 0.25) is 0 Å². The van der Waals surface area contributed by atoms with Crippen molar-refractivity contribution in [3.63, 3.8) is 0 Å². The van der Waals surface area contributed by atoms with Gasteiger partial charge in [0, 0.05) is 35.1 Å². The van der Waals surface area contributed by atoms with Crippen LogP contribution in [-0.2, 0) is 16.3 Å². The highest BCUT2D eigenvalue weighted by Crippen LogP contribution is 2.35. The number of H-pyrrole nitrogens is 2. The zero-order chi connectivity index (χ0) is 26.4. The second-order valence-corrected chi connectivity index (χ2v) is 11.8. The maximum absolute atomic E-state index is 14.6. The third-order valence-electron chi connectivity index (χ3n) is 6.67. The van der Waals surface area contributed by atoms with Gasteiger partial charge in [0.2, 0.25) is 0 Å². The minimum absolute atomic E-state index is 0.0335. The van der Waals surface area contributed by atoms with Crippen LogP contribution in [0.5, 0.6) is 0 Å². The lowest BCUT2D eigenvalue weighted by molar-refractivity contribution is 0.600. The summed E-state index contributed by atoms with van der Waals surface area (Å²) in [5.41, 5.74) is 8.87. The molecule has 0 amide bonds. The largest absolute Gasteiger partial charge is 0.353 e. The van der Waals surface area contributed by atoms with Gasteiger partial charge in [-0.1, -0.05) is 18.2 Å². The van der Waals surface area contributed by atoms with Crippen LogP contribution in [-0.4, -0.2) is 45.6 Å². The molecule has 6 rings (SSSR count). The molecule has 0 saturated carbocycles. The van der Waals surface area contributed by atoms with Crippen LogP contribution < -0.4 is 0 Å². The molecular formula is C29H24FN5O2S. The average Bonchev–Trinajstić information content (AvgIpc) is 3.50. The Morgan fingerprint density at radius 3 is 2.66 bits per heavy atom. The maximum Gasteiger partial charge on any atom is 0.147 e. The van der Waals surface area contributed by atoms with Gasteiger partial charge in [0.05, 0.1) is 22.7 Å². The van der Waals surface area contributed by atoms with E-state index in [-0.39, 0.29) is 12.2 Å². The van der Waals surface area contributed by atoms with E-state index in [1.807, 2.05) is 61.7 Å². The van der Waals surface area contributed by atoms with Crippen molar-refractivity contribution in [2.45, 2.75) is 13.3 Å². The first-order chi connectivity index (χ1) is 18.2. The lowest BCUT2D eigenvalue weighted by Crippen LogP contribution is -2.06. The van der Waals surface area contributed by atoms with Crippen molar-refractivity contribution in [3.05, 3.63) is 90.0 Å². The molecule has 0 bridgehead atoms. The molecule has 38 heavy (non-hydrogen) atoms. The summed E-state index contributed by atoms with van der Waals surface area (Å²) in [6.07, 6.45) is 5.00. The number of rotatable bonds is 6. The number of aryl methyl sites for hydroxylation is 2. The lowest BCUT2D eigenvalue weighted by Gasteiger charge is -2.08. The van der Waals surface area contributed by atoms with Gasteiger partial charge >= 0.3 is 0 Å². The topological polar surface area (TPSA) is 104 Å². The summed E-state index contributed by atoms with van der Waals surface area (Å²) in [6.45, 7) is 2.03. The molecule has 0 atom stereocenters. The fourth-order valence-corrected chi connectivity index (χ4v) is 5.36. The number of nitrogens with zero attached hydrogens (tertiary/aromatic N) is 3. The minimum Gasteiger partial charge on any atom is -0.353 e. The Kier molecular flexibility index (Phi) is 5.80. The van der Waals surface area contributed by atoms with Crippen molar-refractivity contribution in [2.24, 2.45) is 0 Å². The molecule has 9 heteroatoms. The number of hydrogen-bond donors (Lipinski definition) is 2. The van der Waals surface area contributed by atoms with E-state index < -0.39 is 15.7 Å². The molecule has 0 unspecified atom stereocenters. The van der Waals surface area contributed by atoms with Crippen molar-refractivity contribution >= 4 is 31.8 Å². The summed E-state index contributed by atoms with van der Waals surface area (Å²) >= 11 is 0. The van der Waals surface area contributed by atoms with Crippen molar-refractivity contribution in [2.75, 3.05) is 12.0 Å². The Morgan fingerprint density at radius 2 is 1.84 bits per heavy atom. The van der Waals surface area contributed by atoms with Crippen LogP contribution in [0.25, 0.3) is 55.7 Å². The van der Waals surface area contributed by atoms with Crippen LogP contribution in [0, 0.1) is 12.7 Å². The second-order valence-electron chi connectivity index (χ2n) is 9.53. The highest BCUT2D eigenvalue weighted by molar-refractivity contribution is 7.90. The molecule has 4 aromatic heterocycles. The van der Waals surface area contributed by atoms with Crippen molar-refractivity contribution in [1.29, 1.82) is 0 Å². The summed E-state index contributed by atoms with van der Waals surface area (Å²) in [7, 11) is -3.16. The fraction of sp³-hybridized carbons (Fsp3) is 0.138.